The Labute approximate surface area is 142 Å². The third-order valence-corrected chi connectivity index (χ3v) is 4.47. The van der Waals surface area contributed by atoms with Crippen molar-refractivity contribution in [3.8, 4) is 0 Å². The molecule has 23 heavy (non-hydrogen) atoms. The predicted molar refractivity (Wildman–Crippen MR) is 94.4 cm³/mol. The number of carbonyl (C=O) groups is 1. The molecule has 1 N–H and O–H groups in total. The lowest BCUT2D eigenvalue weighted by atomic mass is 10.0. The number of ether oxygens (including phenoxy) is 2. The highest BCUT2D eigenvalue weighted by Crippen LogP contribution is 2.25. The van der Waals surface area contributed by atoms with E-state index in [2.05, 4.69) is 12.2 Å². The summed E-state index contributed by atoms with van der Waals surface area (Å²) < 4.78 is 11.5. The van der Waals surface area contributed by atoms with Crippen LogP contribution in [0.3, 0.4) is 0 Å². The van der Waals surface area contributed by atoms with Crippen LogP contribution < -0.4 is 5.32 Å². The molecule has 2 unspecified atom stereocenters. The first-order valence-electron chi connectivity index (χ1n) is 9.52. The quantitative estimate of drug-likeness (QED) is 0.534. The van der Waals surface area contributed by atoms with Crippen LogP contribution in [0.25, 0.3) is 0 Å². The smallest absolute Gasteiger partial charge is 0.217 e. The van der Waals surface area contributed by atoms with Gasteiger partial charge < -0.3 is 14.8 Å². The highest BCUT2D eigenvalue weighted by atomic mass is 16.7. The van der Waals surface area contributed by atoms with Crippen LogP contribution in [-0.4, -0.2) is 30.4 Å². The summed E-state index contributed by atoms with van der Waals surface area (Å²) in [7, 11) is 0. The van der Waals surface area contributed by atoms with E-state index >= 15 is 0 Å². The zero-order valence-corrected chi connectivity index (χ0v) is 15.7. The second-order valence-electron chi connectivity index (χ2n) is 7.34. The zero-order chi connectivity index (χ0) is 17.1. The van der Waals surface area contributed by atoms with Crippen molar-refractivity contribution < 1.29 is 14.3 Å². The Hall–Kier alpha value is -0.610. The minimum Gasteiger partial charge on any atom is -0.354 e. The Bertz CT molecular complexity index is 331. The van der Waals surface area contributed by atoms with Crippen LogP contribution in [-0.2, 0) is 14.3 Å². The first-order valence-corrected chi connectivity index (χ1v) is 9.52. The van der Waals surface area contributed by atoms with Gasteiger partial charge in [0.05, 0.1) is 12.7 Å². The van der Waals surface area contributed by atoms with Gasteiger partial charge in [-0.1, -0.05) is 51.9 Å². The number of hydrogen-bond acceptors (Lipinski definition) is 3. The van der Waals surface area contributed by atoms with Gasteiger partial charge in [-0.25, -0.2) is 0 Å². The van der Waals surface area contributed by atoms with Gasteiger partial charge in [-0.3, -0.25) is 4.79 Å². The van der Waals surface area contributed by atoms with Crippen LogP contribution in [0, 0.1) is 0 Å². The van der Waals surface area contributed by atoms with Gasteiger partial charge in [-0.15, -0.1) is 0 Å². The fourth-order valence-corrected chi connectivity index (χ4v) is 3.22. The molecule has 4 nitrogen and oxygen atoms in total. The average molecular weight is 328 g/mol. The van der Waals surface area contributed by atoms with Crippen molar-refractivity contribution in [3.63, 3.8) is 0 Å². The molecule has 0 aromatic rings. The van der Waals surface area contributed by atoms with Gasteiger partial charge >= 0.3 is 0 Å². The second kappa shape index (κ2) is 11.0. The topological polar surface area (TPSA) is 47.6 Å². The maximum Gasteiger partial charge on any atom is 0.217 e. The standard InChI is InChI=1S/C19H37NO3/c1-5-6-7-8-9-10-11-12-17(20-16(2)21)13-14-18-15-22-19(3,4)23-18/h17-18H,5-15H2,1-4H3,(H,20,21). The zero-order valence-electron chi connectivity index (χ0n) is 15.7. The van der Waals surface area contributed by atoms with E-state index < -0.39 is 5.79 Å². The molecule has 0 aromatic heterocycles. The SMILES string of the molecule is CCCCCCCCCC(CCC1COC(C)(C)O1)NC(C)=O. The lowest BCUT2D eigenvalue weighted by Gasteiger charge is -2.21. The van der Waals surface area contributed by atoms with Gasteiger partial charge in [0.2, 0.25) is 5.91 Å². The first-order chi connectivity index (χ1) is 10.9. The van der Waals surface area contributed by atoms with E-state index in [0.29, 0.717) is 6.61 Å². The Morgan fingerprint density at radius 2 is 1.78 bits per heavy atom. The van der Waals surface area contributed by atoms with Crippen LogP contribution >= 0.6 is 0 Å². The van der Waals surface area contributed by atoms with Crippen molar-refractivity contribution in [1.82, 2.24) is 5.32 Å². The molecule has 0 radical (unpaired) electrons. The Morgan fingerprint density at radius 1 is 1.13 bits per heavy atom. The Kier molecular flexibility index (Phi) is 9.80. The second-order valence-corrected chi connectivity index (χ2v) is 7.34. The van der Waals surface area contributed by atoms with Crippen LogP contribution in [0.1, 0.15) is 91.9 Å². The van der Waals surface area contributed by atoms with Gasteiger partial charge in [0.15, 0.2) is 5.79 Å². The molecular formula is C19H37NO3. The molecule has 1 amide bonds. The molecule has 1 aliphatic rings. The van der Waals surface area contributed by atoms with Gasteiger partial charge in [0.25, 0.3) is 0 Å². The molecule has 1 aliphatic heterocycles. The lowest BCUT2D eigenvalue weighted by Crippen LogP contribution is -2.34. The van der Waals surface area contributed by atoms with E-state index in [1.165, 1.54) is 44.9 Å². The maximum absolute atomic E-state index is 11.4. The van der Waals surface area contributed by atoms with E-state index in [1.54, 1.807) is 6.92 Å². The van der Waals surface area contributed by atoms with Crippen molar-refractivity contribution in [2.24, 2.45) is 0 Å². The summed E-state index contributed by atoms with van der Waals surface area (Å²) in [6.45, 7) is 8.43. The summed E-state index contributed by atoms with van der Waals surface area (Å²) in [6.07, 6.45) is 12.3. The minimum atomic E-state index is -0.452. The van der Waals surface area contributed by atoms with Crippen molar-refractivity contribution in [1.29, 1.82) is 0 Å². The minimum absolute atomic E-state index is 0.0712. The highest BCUT2D eigenvalue weighted by Gasteiger charge is 2.32. The fourth-order valence-electron chi connectivity index (χ4n) is 3.22. The molecule has 0 spiro atoms. The average Bonchev–Trinajstić information content (AvgIpc) is 2.82. The molecule has 1 fully saturated rings. The van der Waals surface area contributed by atoms with Gasteiger partial charge in [0, 0.05) is 13.0 Å². The third kappa shape index (κ3) is 9.98. The van der Waals surface area contributed by atoms with E-state index in [0.717, 1.165) is 19.3 Å². The fraction of sp³-hybridized carbons (Fsp3) is 0.947. The van der Waals surface area contributed by atoms with E-state index in [-0.39, 0.29) is 18.1 Å². The van der Waals surface area contributed by atoms with Crippen LogP contribution in [0.2, 0.25) is 0 Å². The maximum atomic E-state index is 11.4. The van der Waals surface area contributed by atoms with Crippen molar-refractivity contribution >= 4 is 5.91 Å². The summed E-state index contributed by atoms with van der Waals surface area (Å²) in [5.41, 5.74) is 0. The Balaban J connectivity index is 2.18. The van der Waals surface area contributed by atoms with Crippen molar-refractivity contribution in [2.45, 2.75) is 110 Å². The summed E-state index contributed by atoms with van der Waals surface area (Å²) >= 11 is 0. The van der Waals surface area contributed by atoms with Gasteiger partial charge in [0.1, 0.15) is 0 Å². The lowest BCUT2D eigenvalue weighted by molar-refractivity contribution is -0.139. The molecule has 2 atom stereocenters. The van der Waals surface area contributed by atoms with E-state index in [4.69, 9.17) is 9.47 Å². The van der Waals surface area contributed by atoms with Crippen LogP contribution in [0.4, 0.5) is 0 Å². The molecule has 4 heteroatoms. The number of nitrogens with one attached hydrogen (secondary N) is 1. The number of amides is 1. The summed E-state index contributed by atoms with van der Waals surface area (Å²) in [4.78, 5) is 11.4. The molecular weight excluding hydrogens is 290 g/mol. The normalized spacial score (nSPS) is 21.3. The first kappa shape index (κ1) is 20.4. The largest absolute Gasteiger partial charge is 0.354 e. The third-order valence-electron chi connectivity index (χ3n) is 4.47. The van der Waals surface area contributed by atoms with Gasteiger partial charge in [-0.05, 0) is 33.1 Å². The highest BCUT2D eigenvalue weighted by molar-refractivity contribution is 5.73. The van der Waals surface area contributed by atoms with Crippen molar-refractivity contribution in [2.75, 3.05) is 6.61 Å². The predicted octanol–water partition coefficient (Wildman–Crippen LogP) is 4.56. The molecule has 1 rings (SSSR count). The van der Waals surface area contributed by atoms with Gasteiger partial charge in [-0.2, -0.15) is 0 Å². The number of rotatable bonds is 12. The number of hydrogen-bond donors (Lipinski definition) is 1. The molecule has 1 heterocycles. The monoisotopic (exact) mass is 327 g/mol. The molecule has 1 saturated heterocycles. The number of carbonyl (C=O) groups excluding carboxylic acids is 1. The molecule has 0 saturated carbocycles. The van der Waals surface area contributed by atoms with Crippen LogP contribution in [0.15, 0.2) is 0 Å². The molecule has 0 bridgehead atoms. The molecule has 136 valence electrons. The van der Waals surface area contributed by atoms with Crippen LogP contribution in [0.5, 0.6) is 0 Å². The molecule has 0 aliphatic carbocycles. The van der Waals surface area contributed by atoms with E-state index in [9.17, 15) is 4.79 Å². The summed E-state index contributed by atoms with van der Waals surface area (Å²) in [6, 6.07) is 0.274. The molecule has 0 aromatic carbocycles. The summed E-state index contributed by atoms with van der Waals surface area (Å²) in [5, 5.41) is 3.10. The Morgan fingerprint density at radius 3 is 2.35 bits per heavy atom. The van der Waals surface area contributed by atoms with Crippen molar-refractivity contribution in [3.05, 3.63) is 0 Å². The van der Waals surface area contributed by atoms with E-state index in [1.807, 2.05) is 13.8 Å². The number of unbranched alkanes of at least 4 members (excludes halogenated alkanes) is 6. The summed E-state index contributed by atoms with van der Waals surface area (Å²) in [5.74, 6) is -0.381.